The van der Waals surface area contributed by atoms with Gasteiger partial charge in [-0.15, -0.1) is 0 Å². The normalized spacial score (nSPS) is 11.6. The van der Waals surface area contributed by atoms with Crippen molar-refractivity contribution in [3.8, 4) is 5.69 Å². The van der Waals surface area contributed by atoms with Crippen molar-refractivity contribution in [3.05, 3.63) is 41.5 Å². The summed E-state index contributed by atoms with van der Waals surface area (Å²) in [6.07, 6.45) is -2.64. The number of rotatable bonds is 5. The number of aromatic nitrogens is 3. The number of benzene rings is 1. The van der Waals surface area contributed by atoms with Crippen LogP contribution in [0, 0.1) is 0 Å². The zero-order valence-corrected chi connectivity index (χ0v) is 12.4. The minimum Gasteiger partial charge on any atom is -0.369 e. The average Bonchev–Trinajstić information content (AvgIpc) is 2.80. The van der Waals surface area contributed by atoms with Crippen molar-refractivity contribution in [1.82, 2.24) is 14.8 Å². The fourth-order valence-corrected chi connectivity index (χ4v) is 2.29. The number of nitrogens with zero attached hydrogens (tertiary/aromatic N) is 3. The molecule has 2 rings (SSSR count). The van der Waals surface area contributed by atoms with Crippen LogP contribution in [0.25, 0.3) is 5.69 Å². The maximum absolute atomic E-state index is 12.6. The number of carbonyl (C=O) groups excluding carboxylic acids is 1. The molecule has 5 nitrogen and oxygen atoms in total. The highest BCUT2D eigenvalue weighted by Gasteiger charge is 2.30. The van der Waals surface area contributed by atoms with Crippen molar-refractivity contribution in [3.63, 3.8) is 0 Å². The molecule has 0 bridgehead atoms. The average molecular weight is 330 g/mol. The number of nitrogens with two attached hydrogens (primary N) is 1. The quantitative estimate of drug-likeness (QED) is 0.912. The minimum absolute atomic E-state index is 0.116. The molecular formula is C13H13F3N4OS. The summed E-state index contributed by atoms with van der Waals surface area (Å²) in [4.78, 5) is 15.1. The molecule has 1 aromatic heterocycles. The van der Waals surface area contributed by atoms with Crippen molar-refractivity contribution in [2.24, 2.45) is 5.73 Å². The fourth-order valence-electron chi connectivity index (χ4n) is 1.84. The Morgan fingerprint density at radius 2 is 1.95 bits per heavy atom. The van der Waals surface area contributed by atoms with E-state index in [9.17, 15) is 18.0 Å². The van der Waals surface area contributed by atoms with Gasteiger partial charge in [0.1, 0.15) is 5.82 Å². The molecule has 22 heavy (non-hydrogen) atoms. The number of halogens is 3. The largest absolute Gasteiger partial charge is 0.416 e. The van der Waals surface area contributed by atoms with Crippen LogP contribution in [0.1, 0.15) is 17.2 Å². The van der Waals surface area contributed by atoms with Crippen LogP contribution in [0.15, 0.2) is 24.3 Å². The van der Waals surface area contributed by atoms with E-state index >= 15 is 0 Å². The smallest absolute Gasteiger partial charge is 0.369 e. The molecule has 9 heteroatoms. The van der Waals surface area contributed by atoms with E-state index in [2.05, 4.69) is 10.1 Å². The summed E-state index contributed by atoms with van der Waals surface area (Å²) in [6, 6.07) is 4.59. The summed E-state index contributed by atoms with van der Waals surface area (Å²) in [7, 11) is 0. The maximum atomic E-state index is 12.6. The molecule has 0 saturated heterocycles. The molecule has 0 spiro atoms. The molecule has 0 aliphatic carbocycles. The second-order valence-corrected chi connectivity index (χ2v) is 5.34. The van der Waals surface area contributed by atoms with Gasteiger partial charge in [-0.05, 0) is 30.5 Å². The Morgan fingerprint density at radius 1 is 1.32 bits per heavy atom. The van der Waals surface area contributed by atoms with Crippen LogP contribution in [0.3, 0.4) is 0 Å². The van der Waals surface area contributed by atoms with E-state index in [1.807, 2.05) is 6.26 Å². The number of thioether (sulfide) groups is 1. The summed E-state index contributed by atoms with van der Waals surface area (Å²) in [5.74, 6) is 0.729. The molecule has 2 N–H and O–H groups in total. The van der Waals surface area contributed by atoms with Gasteiger partial charge < -0.3 is 5.73 Å². The first kappa shape index (κ1) is 16.3. The van der Waals surface area contributed by atoms with Gasteiger partial charge in [-0.1, -0.05) is 0 Å². The topological polar surface area (TPSA) is 73.8 Å². The number of hydrogen-bond acceptors (Lipinski definition) is 4. The van der Waals surface area contributed by atoms with Crippen molar-refractivity contribution >= 4 is 17.7 Å². The lowest BCUT2D eigenvalue weighted by Crippen LogP contribution is -2.14. The first-order chi connectivity index (χ1) is 10.3. The molecule has 0 aliphatic heterocycles. The van der Waals surface area contributed by atoms with Gasteiger partial charge in [-0.25, -0.2) is 9.67 Å². The fraction of sp³-hybridized carbons (Fsp3) is 0.308. The molecule has 0 atom stereocenters. The van der Waals surface area contributed by atoms with E-state index in [0.717, 1.165) is 12.1 Å². The van der Waals surface area contributed by atoms with Crippen molar-refractivity contribution in [1.29, 1.82) is 0 Å². The van der Waals surface area contributed by atoms with Gasteiger partial charge in [0.25, 0.3) is 0 Å². The molecule has 0 unspecified atom stereocenters. The van der Waals surface area contributed by atoms with E-state index in [1.54, 1.807) is 0 Å². The molecule has 1 aromatic carbocycles. The SMILES string of the molecule is CSCc1nc(CC(N)=O)nn1-c1ccc(C(F)(F)F)cc1. The van der Waals surface area contributed by atoms with E-state index in [0.29, 0.717) is 17.3 Å². The predicted molar refractivity (Wildman–Crippen MR) is 76.5 cm³/mol. The zero-order valence-electron chi connectivity index (χ0n) is 11.6. The molecular weight excluding hydrogens is 317 g/mol. The monoisotopic (exact) mass is 330 g/mol. The first-order valence-corrected chi connectivity index (χ1v) is 7.60. The zero-order chi connectivity index (χ0) is 16.3. The maximum Gasteiger partial charge on any atom is 0.416 e. The predicted octanol–water partition coefficient (Wildman–Crippen LogP) is 2.18. The number of hydrogen-bond donors (Lipinski definition) is 1. The van der Waals surface area contributed by atoms with E-state index < -0.39 is 17.6 Å². The van der Waals surface area contributed by atoms with Crippen molar-refractivity contribution < 1.29 is 18.0 Å². The molecule has 2 aromatic rings. The Hall–Kier alpha value is -2.03. The van der Waals surface area contributed by atoms with Crippen LogP contribution in [0.4, 0.5) is 13.2 Å². The molecule has 1 heterocycles. The van der Waals surface area contributed by atoms with Crippen LogP contribution < -0.4 is 5.73 Å². The minimum atomic E-state index is -4.39. The van der Waals surface area contributed by atoms with Gasteiger partial charge in [-0.2, -0.15) is 30.0 Å². The lowest BCUT2D eigenvalue weighted by Gasteiger charge is -2.08. The summed E-state index contributed by atoms with van der Waals surface area (Å²) >= 11 is 1.48. The van der Waals surface area contributed by atoms with Gasteiger partial charge in [0.15, 0.2) is 5.82 Å². The van der Waals surface area contributed by atoms with Gasteiger partial charge in [0, 0.05) is 0 Å². The molecule has 0 aliphatic rings. The second kappa shape index (κ2) is 6.39. The Morgan fingerprint density at radius 3 is 2.45 bits per heavy atom. The first-order valence-electron chi connectivity index (χ1n) is 6.21. The molecule has 0 fully saturated rings. The Bertz CT molecular complexity index is 667. The van der Waals surface area contributed by atoms with Gasteiger partial charge in [0.05, 0.1) is 23.4 Å². The molecule has 1 amide bonds. The van der Waals surface area contributed by atoms with Crippen LogP contribution in [-0.2, 0) is 23.1 Å². The second-order valence-electron chi connectivity index (χ2n) is 4.48. The third-order valence-corrected chi connectivity index (χ3v) is 3.31. The van der Waals surface area contributed by atoms with E-state index in [-0.39, 0.29) is 12.2 Å². The van der Waals surface area contributed by atoms with E-state index in [1.165, 1.54) is 28.6 Å². The lowest BCUT2D eigenvalue weighted by molar-refractivity contribution is -0.137. The highest BCUT2D eigenvalue weighted by Crippen LogP contribution is 2.29. The van der Waals surface area contributed by atoms with Gasteiger partial charge in [0.2, 0.25) is 5.91 Å². The highest BCUT2D eigenvalue weighted by molar-refractivity contribution is 7.97. The van der Waals surface area contributed by atoms with Crippen LogP contribution in [0.5, 0.6) is 0 Å². The molecule has 118 valence electrons. The summed E-state index contributed by atoms with van der Waals surface area (Å²) in [6.45, 7) is 0. The Kier molecular flexibility index (Phi) is 4.74. The number of primary amides is 1. The van der Waals surface area contributed by atoms with Crippen molar-refractivity contribution in [2.45, 2.75) is 18.3 Å². The summed E-state index contributed by atoms with van der Waals surface area (Å²) in [5, 5.41) is 4.14. The standard InChI is InChI=1S/C13H13F3N4OS/c1-22-7-12-18-11(6-10(17)21)19-20(12)9-4-2-8(3-5-9)13(14,15)16/h2-5H,6-7H2,1H3,(H2,17,21). The molecule has 0 saturated carbocycles. The van der Waals surface area contributed by atoms with Crippen LogP contribution in [-0.4, -0.2) is 26.9 Å². The van der Waals surface area contributed by atoms with Gasteiger partial charge in [-0.3, -0.25) is 4.79 Å². The third kappa shape index (κ3) is 3.79. The Labute approximate surface area is 128 Å². The summed E-state index contributed by atoms with van der Waals surface area (Å²) < 4.78 is 39.2. The van der Waals surface area contributed by atoms with Crippen LogP contribution >= 0.6 is 11.8 Å². The lowest BCUT2D eigenvalue weighted by atomic mass is 10.2. The number of amides is 1. The van der Waals surface area contributed by atoms with Crippen LogP contribution in [0.2, 0.25) is 0 Å². The number of alkyl halides is 3. The third-order valence-electron chi connectivity index (χ3n) is 2.76. The molecule has 0 radical (unpaired) electrons. The summed E-state index contributed by atoms with van der Waals surface area (Å²) in [5.41, 5.74) is 4.81. The van der Waals surface area contributed by atoms with E-state index in [4.69, 9.17) is 5.73 Å². The number of carbonyl (C=O) groups is 1. The van der Waals surface area contributed by atoms with Gasteiger partial charge >= 0.3 is 6.18 Å². The Balaban J connectivity index is 2.37. The van der Waals surface area contributed by atoms with Crippen molar-refractivity contribution in [2.75, 3.05) is 6.26 Å². The highest BCUT2D eigenvalue weighted by atomic mass is 32.2.